The first-order chi connectivity index (χ1) is 16.6. The van der Waals surface area contributed by atoms with Crippen LogP contribution < -0.4 is 10.6 Å². The van der Waals surface area contributed by atoms with Crippen molar-refractivity contribution >= 4 is 52.5 Å². The minimum atomic E-state index is -0.386. The third-order valence-corrected chi connectivity index (χ3v) is 7.17. The summed E-state index contributed by atoms with van der Waals surface area (Å²) in [4.78, 5) is 25.5. The van der Waals surface area contributed by atoms with Gasteiger partial charge in [-0.15, -0.1) is 10.2 Å². The van der Waals surface area contributed by atoms with Gasteiger partial charge >= 0.3 is 0 Å². The summed E-state index contributed by atoms with van der Waals surface area (Å²) in [6.07, 6.45) is 0. The number of benzene rings is 2. The van der Waals surface area contributed by atoms with Crippen molar-refractivity contribution in [1.82, 2.24) is 20.1 Å². The van der Waals surface area contributed by atoms with E-state index >= 15 is 0 Å². The van der Waals surface area contributed by atoms with Crippen LogP contribution in [0.2, 0.25) is 10.0 Å². The first kappa shape index (κ1) is 27.0. The Morgan fingerprint density at radius 2 is 1.80 bits per heavy atom. The van der Waals surface area contributed by atoms with Gasteiger partial charge in [0.2, 0.25) is 5.91 Å². The topological polar surface area (TPSA) is 88.9 Å². The molecular weight excluding hydrogens is 505 g/mol. The molecule has 0 spiro atoms. The molecule has 1 aromatic heterocycles. The van der Waals surface area contributed by atoms with Gasteiger partial charge in [-0.3, -0.25) is 9.59 Å². The number of aryl methyl sites for hydroxylation is 2. The Bertz CT molecular complexity index is 1230. The Morgan fingerprint density at radius 1 is 1.06 bits per heavy atom. The quantitative estimate of drug-likeness (QED) is 0.325. The molecule has 0 fully saturated rings. The minimum absolute atomic E-state index is 0.0434. The molecule has 0 aliphatic heterocycles. The van der Waals surface area contributed by atoms with Crippen LogP contribution in [0.1, 0.15) is 54.1 Å². The van der Waals surface area contributed by atoms with Crippen molar-refractivity contribution in [3.05, 3.63) is 69.0 Å². The van der Waals surface area contributed by atoms with Gasteiger partial charge < -0.3 is 15.2 Å². The van der Waals surface area contributed by atoms with Crippen molar-refractivity contribution in [3.63, 3.8) is 0 Å². The van der Waals surface area contributed by atoms with E-state index in [0.29, 0.717) is 33.1 Å². The molecule has 3 aromatic rings. The normalized spacial score (nSPS) is 12.0. The van der Waals surface area contributed by atoms with Crippen LogP contribution in [0, 0.1) is 19.8 Å². The standard InChI is InChI=1S/C25H29Cl2N5O2S/c1-6-32-23(22(14(2)3)29-24(34)17-8-9-18(26)19(27)12-17)30-31-25(32)35-13-21(33)28-20-10-7-15(4)11-16(20)5/h7-12,14,22H,6,13H2,1-5H3,(H,28,33)(H,29,34)/t22-/m0/s1. The molecule has 1 heterocycles. The minimum Gasteiger partial charge on any atom is -0.342 e. The number of nitrogens with zero attached hydrogens (tertiary/aromatic N) is 3. The Labute approximate surface area is 220 Å². The van der Waals surface area contributed by atoms with Gasteiger partial charge in [0.15, 0.2) is 11.0 Å². The first-order valence-electron chi connectivity index (χ1n) is 11.3. The number of thioether (sulfide) groups is 1. The summed E-state index contributed by atoms with van der Waals surface area (Å²) >= 11 is 13.4. The maximum atomic E-state index is 12.9. The Balaban J connectivity index is 1.72. The number of hydrogen-bond donors (Lipinski definition) is 2. The first-order valence-corrected chi connectivity index (χ1v) is 13.0. The summed E-state index contributed by atoms with van der Waals surface area (Å²) in [6.45, 7) is 10.5. The largest absolute Gasteiger partial charge is 0.342 e. The third-order valence-electron chi connectivity index (χ3n) is 5.46. The second-order valence-corrected chi connectivity index (χ2v) is 10.3. The van der Waals surface area contributed by atoms with E-state index in [0.717, 1.165) is 16.8 Å². The van der Waals surface area contributed by atoms with E-state index in [1.807, 2.05) is 57.4 Å². The zero-order valence-corrected chi connectivity index (χ0v) is 22.7. The molecule has 2 amide bonds. The molecule has 1 atom stereocenters. The predicted molar refractivity (Wildman–Crippen MR) is 142 cm³/mol. The third kappa shape index (κ3) is 6.78. The fraction of sp³-hybridized carbons (Fsp3) is 0.360. The maximum absolute atomic E-state index is 12.9. The van der Waals surface area contributed by atoms with E-state index in [9.17, 15) is 9.59 Å². The van der Waals surface area contributed by atoms with E-state index in [1.54, 1.807) is 12.1 Å². The SMILES string of the molecule is CCn1c(SCC(=O)Nc2ccc(C)cc2C)nnc1[C@@H](NC(=O)c1ccc(Cl)c(Cl)c1)C(C)C. The van der Waals surface area contributed by atoms with Crippen LogP contribution in [-0.2, 0) is 11.3 Å². The van der Waals surface area contributed by atoms with Gasteiger partial charge in [-0.2, -0.15) is 0 Å². The van der Waals surface area contributed by atoms with Crippen LogP contribution >= 0.6 is 35.0 Å². The zero-order valence-electron chi connectivity index (χ0n) is 20.4. The molecule has 35 heavy (non-hydrogen) atoms. The van der Waals surface area contributed by atoms with Gasteiger partial charge in [0.05, 0.1) is 21.8 Å². The van der Waals surface area contributed by atoms with E-state index in [1.165, 1.54) is 17.8 Å². The van der Waals surface area contributed by atoms with Gasteiger partial charge in [0.25, 0.3) is 5.91 Å². The average molecular weight is 535 g/mol. The van der Waals surface area contributed by atoms with Crippen LogP contribution in [-0.4, -0.2) is 32.3 Å². The van der Waals surface area contributed by atoms with Crippen LogP contribution in [0.15, 0.2) is 41.6 Å². The summed E-state index contributed by atoms with van der Waals surface area (Å²) < 4.78 is 1.93. The molecule has 2 aromatic carbocycles. The molecule has 0 bridgehead atoms. The number of amides is 2. The number of hydrogen-bond acceptors (Lipinski definition) is 5. The summed E-state index contributed by atoms with van der Waals surface area (Å²) in [5.41, 5.74) is 3.36. The van der Waals surface area contributed by atoms with Gasteiger partial charge in [-0.1, -0.05) is 66.5 Å². The highest BCUT2D eigenvalue weighted by Crippen LogP contribution is 2.27. The number of carbonyl (C=O) groups is 2. The Morgan fingerprint density at radius 3 is 2.43 bits per heavy atom. The highest BCUT2D eigenvalue weighted by Gasteiger charge is 2.26. The lowest BCUT2D eigenvalue weighted by Gasteiger charge is -2.22. The molecule has 0 radical (unpaired) electrons. The summed E-state index contributed by atoms with van der Waals surface area (Å²) in [5, 5.41) is 16.0. The highest BCUT2D eigenvalue weighted by atomic mass is 35.5. The average Bonchev–Trinajstić information content (AvgIpc) is 3.21. The molecule has 0 saturated carbocycles. The lowest BCUT2D eigenvalue weighted by atomic mass is 10.0. The highest BCUT2D eigenvalue weighted by molar-refractivity contribution is 7.99. The molecule has 7 nitrogen and oxygen atoms in total. The smallest absolute Gasteiger partial charge is 0.251 e. The van der Waals surface area contributed by atoms with Gasteiger partial charge in [-0.25, -0.2) is 0 Å². The van der Waals surface area contributed by atoms with E-state index in [-0.39, 0.29) is 29.5 Å². The molecule has 0 saturated heterocycles. The number of rotatable bonds is 9. The molecule has 0 unspecified atom stereocenters. The van der Waals surface area contributed by atoms with Crippen LogP contribution in [0.4, 0.5) is 5.69 Å². The molecule has 2 N–H and O–H groups in total. The predicted octanol–water partition coefficient (Wildman–Crippen LogP) is 6.08. The molecule has 3 rings (SSSR count). The Hall–Kier alpha value is -2.55. The number of halogens is 2. The second-order valence-electron chi connectivity index (χ2n) is 8.56. The van der Waals surface area contributed by atoms with Crippen molar-refractivity contribution < 1.29 is 9.59 Å². The second kappa shape index (κ2) is 11.9. The molecule has 0 aliphatic carbocycles. The van der Waals surface area contributed by atoms with Gasteiger partial charge in [0, 0.05) is 17.8 Å². The number of anilines is 1. The monoisotopic (exact) mass is 533 g/mol. The number of nitrogens with one attached hydrogen (secondary N) is 2. The summed E-state index contributed by atoms with van der Waals surface area (Å²) in [7, 11) is 0. The van der Waals surface area contributed by atoms with Gasteiger partial charge in [0.1, 0.15) is 0 Å². The van der Waals surface area contributed by atoms with Crippen molar-refractivity contribution in [1.29, 1.82) is 0 Å². The molecule has 0 aliphatic rings. The van der Waals surface area contributed by atoms with Crippen molar-refractivity contribution in [3.8, 4) is 0 Å². The van der Waals surface area contributed by atoms with Crippen molar-refractivity contribution in [2.45, 2.75) is 52.4 Å². The maximum Gasteiger partial charge on any atom is 0.251 e. The summed E-state index contributed by atoms with van der Waals surface area (Å²) in [5.74, 6) is 0.459. The van der Waals surface area contributed by atoms with Crippen molar-refractivity contribution in [2.24, 2.45) is 5.92 Å². The molecular formula is C25H29Cl2N5O2S. The van der Waals surface area contributed by atoms with Crippen molar-refractivity contribution in [2.75, 3.05) is 11.1 Å². The number of carbonyl (C=O) groups excluding carboxylic acids is 2. The molecule has 186 valence electrons. The number of aromatic nitrogens is 3. The lowest BCUT2D eigenvalue weighted by Crippen LogP contribution is -2.33. The van der Waals surface area contributed by atoms with Crippen LogP contribution in [0.25, 0.3) is 0 Å². The van der Waals surface area contributed by atoms with Gasteiger partial charge in [-0.05, 0) is 56.5 Å². The molecule has 10 heteroatoms. The summed E-state index contributed by atoms with van der Waals surface area (Å²) in [6, 6.07) is 10.3. The van der Waals surface area contributed by atoms with E-state index in [2.05, 4.69) is 20.8 Å². The fourth-order valence-corrected chi connectivity index (χ4v) is 4.70. The zero-order chi connectivity index (χ0) is 25.7. The lowest BCUT2D eigenvalue weighted by molar-refractivity contribution is -0.113. The van der Waals surface area contributed by atoms with E-state index < -0.39 is 0 Å². The fourth-order valence-electron chi connectivity index (χ4n) is 3.60. The van der Waals surface area contributed by atoms with E-state index in [4.69, 9.17) is 23.2 Å². The van der Waals surface area contributed by atoms with Crippen LogP contribution in [0.3, 0.4) is 0 Å². The Kier molecular flexibility index (Phi) is 9.21. The van der Waals surface area contributed by atoms with Crippen LogP contribution in [0.5, 0.6) is 0 Å².